The van der Waals surface area contributed by atoms with Crippen LogP contribution in [0.4, 0.5) is 4.39 Å². The van der Waals surface area contributed by atoms with Crippen molar-refractivity contribution in [1.29, 1.82) is 0 Å². The van der Waals surface area contributed by atoms with Gasteiger partial charge in [0, 0.05) is 16.5 Å². The number of aromatic nitrogens is 1. The number of fused-ring (bicyclic) bond motifs is 1. The Morgan fingerprint density at radius 2 is 1.16 bits per heavy atom. The molecular formula is C29H20FN. The largest absolute Gasteiger partial charge is 0.246 e. The van der Waals surface area contributed by atoms with Crippen molar-refractivity contribution in [3.8, 4) is 34.7 Å². The maximum atomic E-state index is 13.3. The number of nitrogens with zero attached hydrogens (tertiary/aromatic N) is 1. The Morgan fingerprint density at radius 1 is 0.613 bits per heavy atom. The van der Waals surface area contributed by atoms with Gasteiger partial charge in [-0.1, -0.05) is 90.8 Å². The highest BCUT2D eigenvalue weighted by molar-refractivity contribution is 6.00. The van der Waals surface area contributed by atoms with Crippen LogP contribution >= 0.6 is 0 Å². The standard InChI is InChI=1S/C23H14FN.C6H6/c1-2-19-22(16-8-4-3-5-9-16)20-10-6-7-11-21(20)25-23(19)17-12-14-18(24)15-13-17;1-2-4-6-5-3-1/h1,3-15H;1-6H. The Balaban J connectivity index is 0.000000334. The van der Waals surface area contributed by atoms with Gasteiger partial charge in [-0.3, -0.25) is 0 Å². The Morgan fingerprint density at radius 3 is 1.77 bits per heavy atom. The molecule has 0 unspecified atom stereocenters. The van der Waals surface area contributed by atoms with Gasteiger partial charge in [0.15, 0.2) is 0 Å². The summed E-state index contributed by atoms with van der Waals surface area (Å²) in [4.78, 5) is 4.77. The van der Waals surface area contributed by atoms with Crippen LogP contribution < -0.4 is 0 Å². The van der Waals surface area contributed by atoms with E-state index in [0.717, 1.165) is 33.2 Å². The molecule has 0 N–H and O–H groups in total. The third-order valence-electron chi connectivity index (χ3n) is 4.88. The number of hydrogen-bond acceptors (Lipinski definition) is 1. The van der Waals surface area contributed by atoms with Gasteiger partial charge in [-0.05, 0) is 35.9 Å². The van der Waals surface area contributed by atoms with Crippen LogP contribution in [0.15, 0.2) is 115 Å². The molecule has 0 aliphatic carbocycles. The molecule has 0 saturated carbocycles. The van der Waals surface area contributed by atoms with E-state index in [4.69, 9.17) is 11.4 Å². The monoisotopic (exact) mass is 401 g/mol. The molecule has 4 aromatic carbocycles. The second-order valence-electron chi connectivity index (χ2n) is 6.90. The smallest absolute Gasteiger partial charge is 0.123 e. The van der Waals surface area contributed by atoms with Crippen molar-refractivity contribution in [1.82, 2.24) is 4.98 Å². The van der Waals surface area contributed by atoms with Crippen molar-refractivity contribution in [2.75, 3.05) is 0 Å². The zero-order chi connectivity index (χ0) is 21.5. The van der Waals surface area contributed by atoms with Gasteiger partial charge in [0.05, 0.1) is 16.8 Å². The van der Waals surface area contributed by atoms with E-state index >= 15 is 0 Å². The summed E-state index contributed by atoms with van der Waals surface area (Å²) in [6.07, 6.45) is 5.88. The lowest BCUT2D eigenvalue weighted by Gasteiger charge is -2.14. The fraction of sp³-hybridized carbons (Fsp3) is 0. The van der Waals surface area contributed by atoms with Crippen molar-refractivity contribution in [2.45, 2.75) is 0 Å². The molecule has 0 radical (unpaired) electrons. The molecule has 0 aliphatic rings. The fourth-order valence-electron chi connectivity index (χ4n) is 3.46. The summed E-state index contributed by atoms with van der Waals surface area (Å²) < 4.78 is 13.3. The molecule has 148 valence electrons. The van der Waals surface area contributed by atoms with Crippen molar-refractivity contribution in [3.05, 3.63) is 127 Å². The van der Waals surface area contributed by atoms with E-state index in [-0.39, 0.29) is 5.82 Å². The maximum absolute atomic E-state index is 13.3. The highest BCUT2D eigenvalue weighted by Crippen LogP contribution is 2.36. The zero-order valence-corrected chi connectivity index (χ0v) is 16.9. The Labute approximate surface area is 181 Å². The van der Waals surface area contributed by atoms with Crippen LogP contribution in [0.3, 0.4) is 0 Å². The zero-order valence-electron chi connectivity index (χ0n) is 16.9. The van der Waals surface area contributed by atoms with Gasteiger partial charge in [-0.2, -0.15) is 0 Å². The van der Waals surface area contributed by atoms with Crippen molar-refractivity contribution in [2.24, 2.45) is 0 Å². The Kier molecular flexibility index (Phi) is 6.16. The molecule has 0 amide bonds. The number of para-hydroxylation sites is 1. The molecule has 31 heavy (non-hydrogen) atoms. The highest BCUT2D eigenvalue weighted by atomic mass is 19.1. The number of terminal acetylenes is 1. The molecule has 1 heterocycles. The quantitative estimate of drug-likeness (QED) is 0.281. The number of rotatable bonds is 2. The van der Waals surface area contributed by atoms with Crippen molar-refractivity contribution >= 4 is 10.9 Å². The Bertz CT molecular complexity index is 1290. The maximum Gasteiger partial charge on any atom is 0.123 e. The number of pyridine rings is 1. The van der Waals surface area contributed by atoms with Gasteiger partial charge in [0.2, 0.25) is 0 Å². The summed E-state index contributed by atoms with van der Waals surface area (Å²) >= 11 is 0. The normalized spacial score (nSPS) is 10.1. The predicted octanol–water partition coefficient (Wildman–Crippen LogP) is 7.38. The summed E-state index contributed by atoms with van der Waals surface area (Å²) in [5, 5.41) is 1.01. The van der Waals surface area contributed by atoms with Gasteiger partial charge in [-0.25, -0.2) is 9.37 Å². The Hall–Kier alpha value is -4.22. The first-order valence-electron chi connectivity index (χ1n) is 9.98. The third kappa shape index (κ3) is 4.52. The van der Waals surface area contributed by atoms with Crippen LogP contribution in [-0.4, -0.2) is 4.98 Å². The van der Waals surface area contributed by atoms with Crippen LogP contribution in [0, 0.1) is 18.2 Å². The first-order chi connectivity index (χ1) is 15.3. The third-order valence-corrected chi connectivity index (χ3v) is 4.88. The lowest BCUT2D eigenvalue weighted by Crippen LogP contribution is -1.96. The molecule has 2 heteroatoms. The van der Waals surface area contributed by atoms with Crippen LogP contribution in [0.5, 0.6) is 0 Å². The highest BCUT2D eigenvalue weighted by Gasteiger charge is 2.16. The molecule has 1 aromatic heterocycles. The molecule has 5 rings (SSSR count). The van der Waals surface area contributed by atoms with Gasteiger partial charge < -0.3 is 0 Å². The first-order valence-corrected chi connectivity index (χ1v) is 9.98. The van der Waals surface area contributed by atoms with Crippen molar-refractivity contribution in [3.63, 3.8) is 0 Å². The number of benzene rings is 4. The van der Waals surface area contributed by atoms with Gasteiger partial charge in [0.1, 0.15) is 5.82 Å². The van der Waals surface area contributed by atoms with Crippen LogP contribution in [0.1, 0.15) is 5.56 Å². The summed E-state index contributed by atoms with van der Waals surface area (Å²) in [7, 11) is 0. The van der Waals surface area contributed by atoms with E-state index in [0.29, 0.717) is 5.69 Å². The summed E-state index contributed by atoms with van der Waals surface area (Å²) in [5.74, 6) is 2.53. The van der Waals surface area contributed by atoms with E-state index < -0.39 is 0 Å². The van der Waals surface area contributed by atoms with E-state index in [1.54, 1.807) is 12.1 Å². The average Bonchev–Trinajstić information content (AvgIpc) is 2.85. The second kappa shape index (κ2) is 9.52. The first kappa shape index (κ1) is 20.1. The lowest BCUT2D eigenvalue weighted by atomic mass is 9.92. The topological polar surface area (TPSA) is 12.9 Å². The van der Waals surface area contributed by atoms with Crippen LogP contribution in [-0.2, 0) is 0 Å². The molecule has 0 saturated heterocycles. The molecule has 0 fully saturated rings. The molecule has 1 nitrogen and oxygen atoms in total. The summed E-state index contributed by atoms with van der Waals surface area (Å²) in [5.41, 5.74) is 5.10. The van der Waals surface area contributed by atoms with E-state index in [9.17, 15) is 4.39 Å². The van der Waals surface area contributed by atoms with Gasteiger partial charge >= 0.3 is 0 Å². The van der Waals surface area contributed by atoms with E-state index in [2.05, 4.69) is 5.92 Å². The summed E-state index contributed by atoms with van der Waals surface area (Å²) in [6, 6.07) is 36.2. The SMILES string of the molecule is C#Cc1c(-c2ccc(F)cc2)nc2ccccc2c1-c1ccccc1.c1ccccc1. The van der Waals surface area contributed by atoms with Gasteiger partial charge in [-0.15, -0.1) is 6.42 Å². The van der Waals surface area contributed by atoms with Crippen molar-refractivity contribution < 1.29 is 4.39 Å². The fourth-order valence-corrected chi connectivity index (χ4v) is 3.46. The molecule has 0 aliphatic heterocycles. The summed E-state index contributed by atoms with van der Waals surface area (Å²) in [6.45, 7) is 0. The average molecular weight is 401 g/mol. The minimum absolute atomic E-state index is 0.282. The molecular weight excluding hydrogens is 381 g/mol. The van der Waals surface area contributed by atoms with Gasteiger partial charge in [0.25, 0.3) is 0 Å². The lowest BCUT2D eigenvalue weighted by molar-refractivity contribution is 0.628. The van der Waals surface area contributed by atoms with Crippen LogP contribution in [0.25, 0.3) is 33.3 Å². The number of hydrogen-bond donors (Lipinski definition) is 0. The minimum Gasteiger partial charge on any atom is -0.246 e. The van der Waals surface area contributed by atoms with E-state index in [1.807, 2.05) is 91.0 Å². The molecule has 0 bridgehead atoms. The second-order valence-corrected chi connectivity index (χ2v) is 6.90. The minimum atomic E-state index is -0.282. The molecule has 5 aromatic rings. The molecule has 0 atom stereocenters. The van der Waals surface area contributed by atoms with E-state index in [1.165, 1.54) is 12.1 Å². The predicted molar refractivity (Wildman–Crippen MR) is 127 cm³/mol. The molecule has 0 spiro atoms. The van der Waals surface area contributed by atoms with Crippen LogP contribution in [0.2, 0.25) is 0 Å². The number of halogens is 1.